The highest BCUT2D eigenvalue weighted by Crippen LogP contribution is 2.31. The van der Waals surface area contributed by atoms with E-state index in [4.69, 9.17) is 16.3 Å². The van der Waals surface area contributed by atoms with Crippen LogP contribution < -0.4 is 15.2 Å². The molecule has 1 N–H and O–H groups in total. The Bertz CT molecular complexity index is 1390. The zero-order valence-corrected chi connectivity index (χ0v) is 20.7. The minimum atomic E-state index is -0.338. The van der Waals surface area contributed by atoms with E-state index in [1.807, 2.05) is 36.4 Å². The number of likely N-dealkylation sites (N-methyl/N-ethyl adjacent to an activating group) is 1. The van der Waals surface area contributed by atoms with Gasteiger partial charge in [0.2, 0.25) is 5.75 Å². The number of nitrogens with zero attached hydrogens (tertiary/aromatic N) is 4. The van der Waals surface area contributed by atoms with Crippen molar-refractivity contribution in [3.63, 3.8) is 0 Å². The molecule has 4 aromatic rings. The Kier molecular flexibility index (Phi) is 6.93. The van der Waals surface area contributed by atoms with Gasteiger partial charge in [0.05, 0.1) is 11.9 Å². The number of halogens is 1. The monoisotopic (exact) mass is 502 g/mol. The van der Waals surface area contributed by atoms with Gasteiger partial charge in [0.15, 0.2) is 0 Å². The van der Waals surface area contributed by atoms with Crippen molar-refractivity contribution < 1.29 is 9.84 Å². The van der Waals surface area contributed by atoms with E-state index >= 15 is 0 Å². The van der Waals surface area contributed by atoms with Gasteiger partial charge in [-0.3, -0.25) is 4.79 Å². The summed E-state index contributed by atoms with van der Waals surface area (Å²) in [5.41, 5.74) is 2.91. The van der Waals surface area contributed by atoms with Crippen LogP contribution in [0.4, 0.5) is 5.69 Å². The zero-order valence-electron chi connectivity index (χ0n) is 20.0. The minimum absolute atomic E-state index is 0.223. The Hall–Kier alpha value is -3.81. The maximum atomic E-state index is 13.7. The third-order valence-electron chi connectivity index (χ3n) is 6.32. The lowest BCUT2D eigenvalue weighted by Crippen LogP contribution is -2.32. The molecule has 7 nitrogen and oxygen atoms in total. The van der Waals surface area contributed by atoms with Crippen LogP contribution in [-0.4, -0.2) is 53.0 Å². The first-order chi connectivity index (χ1) is 17.5. The topological polar surface area (TPSA) is 70.8 Å². The first-order valence-electron chi connectivity index (χ1n) is 11.9. The molecule has 0 bridgehead atoms. The highest BCUT2D eigenvalue weighted by atomic mass is 35.5. The minimum Gasteiger partial charge on any atom is -0.508 e. The Morgan fingerprint density at radius 2 is 1.53 bits per heavy atom. The number of hydrogen-bond acceptors (Lipinski definition) is 6. The number of aromatic hydroxyl groups is 1. The Labute approximate surface area is 214 Å². The van der Waals surface area contributed by atoms with Gasteiger partial charge in [-0.25, -0.2) is 0 Å². The molecule has 36 heavy (non-hydrogen) atoms. The number of benzene rings is 3. The molecule has 1 fully saturated rings. The molecule has 0 radical (unpaired) electrons. The van der Waals surface area contributed by atoms with E-state index in [1.165, 1.54) is 4.68 Å². The summed E-state index contributed by atoms with van der Waals surface area (Å²) in [4.78, 5) is 18.1. The molecular formula is C28H27ClN4O3. The van der Waals surface area contributed by atoms with E-state index in [1.54, 1.807) is 42.6 Å². The molecule has 1 aliphatic rings. The van der Waals surface area contributed by atoms with Crippen LogP contribution in [0.1, 0.15) is 6.42 Å². The van der Waals surface area contributed by atoms with E-state index in [0.29, 0.717) is 22.1 Å². The lowest BCUT2D eigenvalue weighted by molar-refractivity contribution is 0.360. The first-order valence-corrected chi connectivity index (χ1v) is 12.2. The smallest absolute Gasteiger partial charge is 0.316 e. The molecule has 184 valence electrons. The fourth-order valence-corrected chi connectivity index (χ4v) is 4.42. The molecule has 1 aromatic heterocycles. The normalized spacial score (nSPS) is 14.4. The van der Waals surface area contributed by atoms with Crippen molar-refractivity contribution in [1.29, 1.82) is 0 Å². The summed E-state index contributed by atoms with van der Waals surface area (Å²) in [5.74, 6) is 1.01. The SMILES string of the molecule is CN1CCCN(c2cnn(-c3ccc(Cl)cc3)c(=O)c2Oc2ccc(-c3ccc(O)cc3)cc2)CC1. The molecule has 0 spiro atoms. The zero-order chi connectivity index (χ0) is 25.1. The predicted molar refractivity (Wildman–Crippen MR) is 143 cm³/mol. The molecule has 0 aliphatic carbocycles. The van der Waals surface area contributed by atoms with Gasteiger partial charge in [0.1, 0.15) is 17.2 Å². The molecular weight excluding hydrogens is 476 g/mol. The van der Waals surface area contributed by atoms with Gasteiger partial charge < -0.3 is 19.6 Å². The van der Waals surface area contributed by atoms with Crippen LogP contribution >= 0.6 is 11.6 Å². The highest BCUT2D eigenvalue weighted by molar-refractivity contribution is 6.30. The summed E-state index contributed by atoms with van der Waals surface area (Å²) >= 11 is 6.04. The second-order valence-electron chi connectivity index (χ2n) is 8.87. The Morgan fingerprint density at radius 3 is 2.22 bits per heavy atom. The van der Waals surface area contributed by atoms with Gasteiger partial charge in [-0.2, -0.15) is 9.78 Å². The van der Waals surface area contributed by atoms with E-state index in [0.717, 1.165) is 43.7 Å². The number of aromatic nitrogens is 2. The van der Waals surface area contributed by atoms with Crippen LogP contribution in [0.2, 0.25) is 5.02 Å². The predicted octanol–water partition coefficient (Wildman–Crippen LogP) is 5.19. The van der Waals surface area contributed by atoms with Crippen LogP contribution in [0.5, 0.6) is 17.2 Å². The lowest BCUT2D eigenvalue weighted by Gasteiger charge is -2.25. The number of ether oxygens (including phenoxy) is 1. The molecule has 0 atom stereocenters. The standard InChI is InChI=1S/C28H27ClN4O3/c1-31-15-2-16-32(18-17-31)26-19-30-33(23-9-7-22(29)8-10-23)28(35)27(26)36-25-13-5-21(6-14-25)20-3-11-24(34)12-4-20/h3-14,19,34H,2,15-18H2,1H3. The maximum absolute atomic E-state index is 13.7. The first kappa shape index (κ1) is 23.9. The van der Waals surface area contributed by atoms with Gasteiger partial charge >= 0.3 is 5.56 Å². The molecule has 1 saturated heterocycles. The van der Waals surface area contributed by atoms with Crippen molar-refractivity contribution in [2.24, 2.45) is 0 Å². The van der Waals surface area contributed by atoms with E-state index < -0.39 is 0 Å². The third-order valence-corrected chi connectivity index (χ3v) is 6.57. The maximum Gasteiger partial charge on any atom is 0.316 e. The van der Waals surface area contributed by atoms with Crippen LogP contribution in [0.15, 0.2) is 83.8 Å². The lowest BCUT2D eigenvalue weighted by atomic mass is 10.1. The molecule has 8 heteroatoms. The quantitative estimate of drug-likeness (QED) is 0.405. The number of anilines is 1. The largest absolute Gasteiger partial charge is 0.508 e. The van der Waals surface area contributed by atoms with Crippen molar-refractivity contribution in [2.45, 2.75) is 6.42 Å². The van der Waals surface area contributed by atoms with Gasteiger partial charge in [0, 0.05) is 24.7 Å². The van der Waals surface area contributed by atoms with Gasteiger partial charge in [0.25, 0.3) is 0 Å². The van der Waals surface area contributed by atoms with Crippen LogP contribution in [-0.2, 0) is 0 Å². The van der Waals surface area contributed by atoms with Crippen molar-refractivity contribution in [3.8, 4) is 34.1 Å². The summed E-state index contributed by atoms with van der Waals surface area (Å²) in [6.07, 6.45) is 2.69. The molecule has 3 aromatic carbocycles. The summed E-state index contributed by atoms with van der Waals surface area (Å²) < 4.78 is 7.60. The van der Waals surface area contributed by atoms with Crippen molar-refractivity contribution in [1.82, 2.24) is 14.7 Å². The van der Waals surface area contributed by atoms with Gasteiger partial charge in [-0.15, -0.1) is 0 Å². The molecule has 0 amide bonds. The Balaban J connectivity index is 1.51. The van der Waals surface area contributed by atoms with E-state index in [2.05, 4.69) is 21.9 Å². The molecule has 5 rings (SSSR count). The van der Waals surface area contributed by atoms with Crippen LogP contribution in [0, 0.1) is 0 Å². The number of hydrogen-bond donors (Lipinski definition) is 1. The van der Waals surface area contributed by atoms with Crippen LogP contribution in [0.25, 0.3) is 16.8 Å². The second-order valence-corrected chi connectivity index (χ2v) is 9.31. The van der Waals surface area contributed by atoms with E-state index in [-0.39, 0.29) is 17.1 Å². The Morgan fingerprint density at radius 1 is 0.861 bits per heavy atom. The number of rotatable bonds is 5. The molecule has 0 unspecified atom stereocenters. The fourth-order valence-electron chi connectivity index (χ4n) is 4.29. The molecule has 1 aliphatic heterocycles. The van der Waals surface area contributed by atoms with Crippen LogP contribution in [0.3, 0.4) is 0 Å². The van der Waals surface area contributed by atoms with Crippen molar-refractivity contribution in [3.05, 3.63) is 94.4 Å². The molecule has 2 heterocycles. The summed E-state index contributed by atoms with van der Waals surface area (Å²) in [6.45, 7) is 3.48. The number of phenolic OH excluding ortho intramolecular Hbond substituents is 1. The fraction of sp³-hybridized carbons (Fsp3) is 0.214. The number of phenols is 1. The summed E-state index contributed by atoms with van der Waals surface area (Å²) in [6, 6.07) is 21.5. The summed E-state index contributed by atoms with van der Waals surface area (Å²) in [7, 11) is 2.10. The average Bonchev–Trinajstić information content (AvgIpc) is 3.11. The summed E-state index contributed by atoms with van der Waals surface area (Å²) in [5, 5.41) is 14.6. The van der Waals surface area contributed by atoms with Crippen molar-refractivity contribution >= 4 is 17.3 Å². The second kappa shape index (κ2) is 10.4. The average molecular weight is 503 g/mol. The molecule has 0 saturated carbocycles. The van der Waals surface area contributed by atoms with E-state index in [9.17, 15) is 9.90 Å². The highest BCUT2D eigenvalue weighted by Gasteiger charge is 2.22. The van der Waals surface area contributed by atoms with Gasteiger partial charge in [-0.1, -0.05) is 35.9 Å². The van der Waals surface area contributed by atoms with Crippen molar-refractivity contribution in [2.75, 3.05) is 38.1 Å². The third kappa shape index (κ3) is 5.22. The van der Waals surface area contributed by atoms with Gasteiger partial charge in [-0.05, 0) is 79.7 Å².